The van der Waals surface area contributed by atoms with Gasteiger partial charge in [0, 0.05) is 61.1 Å². The molecule has 8 nitrogen and oxygen atoms in total. The number of hydrogen-bond acceptors (Lipinski definition) is 6. The molecule has 1 fully saturated rings. The molecule has 0 bridgehead atoms. The number of fused-ring (bicyclic) bond motifs is 1. The first-order chi connectivity index (χ1) is 12.9. The van der Waals surface area contributed by atoms with E-state index in [0.717, 1.165) is 40.7 Å². The molecule has 3 aromatic heterocycles. The Balaban J connectivity index is 1.57. The summed E-state index contributed by atoms with van der Waals surface area (Å²) in [6, 6.07) is 4.15. The molecule has 142 valence electrons. The lowest BCUT2D eigenvalue weighted by atomic mass is 10.1. The van der Waals surface area contributed by atoms with Crippen molar-refractivity contribution in [1.29, 1.82) is 0 Å². The van der Waals surface area contributed by atoms with Crippen LogP contribution in [-0.4, -0.2) is 57.9 Å². The van der Waals surface area contributed by atoms with Crippen molar-refractivity contribution >= 4 is 26.6 Å². The van der Waals surface area contributed by atoms with Gasteiger partial charge in [0.1, 0.15) is 5.82 Å². The topological polar surface area (TPSA) is 93.0 Å². The highest BCUT2D eigenvalue weighted by Crippen LogP contribution is 2.28. The van der Waals surface area contributed by atoms with Gasteiger partial charge >= 0.3 is 0 Å². The van der Waals surface area contributed by atoms with Crippen LogP contribution >= 0.6 is 0 Å². The quantitative estimate of drug-likeness (QED) is 0.736. The molecule has 0 radical (unpaired) electrons. The Bertz CT molecular complexity index is 1070. The minimum absolute atomic E-state index is 0.200. The molecule has 1 aliphatic heterocycles. The molecule has 1 saturated heterocycles. The lowest BCUT2D eigenvalue weighted by Crippen LogP contribution is -2.41. The van der Waals surface area contributed by atoms with Crippen molar-refractivity contribution < 1.29 is 8.42 Å². The van der Waals surface area contributed by atoms with E-state index in [-0.39, 0.29) is 6.04 Å². The molecule has 3 aromatic rings. The van der Waals surface area contributed by atoms with Crippen LogP contribution in [0.3, 0.4) is 0 Å². The highest BCUT2D eigenvalue weighted by atomic mass is 32.2. The highest BCUT2D eigenvalue weighted by Gasteiger charge is 2.25. The zero-order valence-corrected chi connectivity index (χ0v) is 16.1. The number of sulfonamides is 1. The fraction of sp³-hybridized carbons (Fsp3) is 0.389. The zero-order valence-electron chi connectivity index (χ0n) is 15.3. The number of nitrogens with zero attached hydrogens (tertiary/aromatic N) is 5. The van der Waals surface area contributed by atoms with Crippen molar-refractivity contribution in [2.24, 2.45) is 7.05 Å². The summed E-state index contributed by atoms with van der Waals surface area (Å²) in [6.07, 6.45) is 10.1. The third-order valence-electron chi connectivity index (χ3n) is 4.90. The summed E-state index contributed by atoms with van der Waals surface area (Å²) in [7, 11) is -1.23. The number of rotatable bonds is 4. The van der Waals surface area contributed by atoms with E-state index in [2.05, 4.69) is 20.4 Å². The van der Waals surface area contributed by atoms with Crippen molar-refractivity contribution in [2.75, 3.05) is 24.7 Å². The summed E-state index contributed by atoms with van der Waals surface area (Å²) < 4.78 is 26.6. The van der Waals surface area contributed by atoms with Gasteiger partial charge in [-0.15, -0.1) is 0 Å². The van der Waals surface area contributed by atoms with E-state index in [9.17, 15) is 8.42 Å². The van der Waals surface area contributed by atoms with Crippen molar-refractivity contribution in [2.45, 2.75) is 18.9 Å². The first kappa shape index (κ1) is 17.9. The van der Waals surface area contributed by atoms with Gasteiger partial charge in [-0.3, -0.25) is 9.67 Å². The Morgan fingerprint density at radius 2 is 1.96 bits per heavy atom. The monoisotopic (exact) mass is 386 g/mol. The summed E-state index contributed by atoms with van der Waals surface area (Å²) >= 11 is 0. The van der Waals surface area contributed by atoms with E-state index in [1.165, 1.54) is 10.6 Å². The molecule has 0 atom stereocenters. The van der Waals surface area contributed by atoms with Crippen molar-refractivity contribution in [1.82, 2.24) is 24.1 Å². The number of hydrogen-bond donors (Lipinski definition) is 1. The summed E-state index contributed by atoms with van der Waals surface area (Å²) in [5, 5.41) is 9.71. The largest absolute Gasteiger partial charge is 0.367 e. The Kier molecular flexibility index (Phi) is 4.56. The van der Waals surface area contributed by atoms with Gasteiger partial charge in [0.15, 0.2) is 0 Å². The Hall–Kier alpha value is -2.52. The predicted octanol–water partition coefficient (Wildman–Crippen LogP) is 1.87. The fourth-order valence-electron chi connectivity index (χ4n) is 3.46. The number of aromatic nitrogens is 4. The average Bonchev–Trinajstić information content (AvgIpc) is 3.07. The van der Waals surface area contributed by atoms with Crippen molar-refractivity contribution in [3.8, 4) is 11.3 Å². The first-order valence-electron chi connectivity index (χ1n) is 8.85. The second kappa shape index (κ2) is 6.90. The lowest BCUT2D eigenvalue weighted by Gasteiger charge is -2.30. The fourth-order valence-corrected chi connectivity index (χ4v) is 4.33. The first-order valence-corrected chi connectivity index (χ1v) is 10.7. The second-order valence-corrected chi connectivity index (χ2v) is 8.92. The lowest BCUT2D eigenvalue weighted by molar-refractivity contribution is 0.331. The minimum Gasteiger partial charge on any atom is -0.367 e. The van der Waals surface area contributed by atoms with Gasteiger partial charge < -0.3 is 5.32 Å². The molecular formula is C18H22N6O2S. The predicted molar refractivity (Wildman–Crippen MR) is 105 cm³/mol. The summed E-state index contributed by atoms with van der Waals surface area (Å²) in [5.41, 5.74) is 1.83. The number of anilines is 1. The minimum atomic E-state index is -3.11. The van der Waals surface area contributed by atoms with E-state index in [1.54, 1.807) is 17.1 Å². The van der Waals surface area contributed by atoms with Gasteiger partial charge in [-0.1, -0.05) is 0 Å². The zero-order chi connectivity index (χ0) is 19.0. The maximum Gasteiger partial charge on any atom is 0.211 e. The number of pyridine rings is 2. The van der Waals surface area contributed by atoms with Gasteiger partial charge in [-0.2, -0.15) is 5.10 Å². The van der Waals surface area contributed by atoms with Gasteiger partial charge in [0.05, 0.1) is 18.1 Å². The van der Waals surface area contributed by atoms with Gasteiger partial charge in [-0.25, -0.2) is 17.7 Å². The van der Waals surface area contributed by atoms with Crippen LogP contribution in [0.5, 0.6) is 0 Å². The third-order valence-corrected chi connectivity index (χ3v) is 6.20. The molecular weight excluding hydrogens is 364 g/mol. The molecule has 9 heteroatoms. The van der Waals surface area contributed by atoms with E-state index in [4.69, 9.17) is 0 Å². The molecule has 1 N–H and O–H groups in total. The van der Waals surface area contributed by atoms with Crippen LogP contribution < -0.4 is 5.32 Å². The van der Waals surface area contributed by atoms with Crippen LogP contribution in [0.2, 0.25) is 0 Å². The standard InChI is InChI=1S/C18H22N6O2S/c1-23-12-14(11-21-23)18-16-9-17(20-10-13(16)3-6-19-18)22-15-4-7-24(8-5-15)27(2,25)26/h3,6,9-12,15H,4-5,7-8H2,1-2H3,(H,20,22). The van der Waals surface area contributed by atoms with Gasteiger partial charge in [-0.05, 0) is 25.0 Å². The van der Waals surface area contributed by atoms with E-state index in [0.29, 0.717) is 13.1 Å². The highest BCUT2D eigenvalue weighted by molar-refractivity contribution is 7.88. The van der Waals surface area contributed by atoms with E-state index < -0.39 is 10.0 Å². The smallest absolute Gasteiger partial charge is 0.211 e. The second-order valence-electron chi connectivity index (χ2n) is 6.93. The van der Waals surface area contributed by atoms with Gasteiger partial charge in [0.2, 0.25) is 10.0 Å². The number of nitrogens with one attached hydrogen (secondary N) is 1. The molecule has 0 aliphatic carbocycles. The Morgan fingerprint density at radius 1 is 1.19 bits per heavy atom. The molecule has 0 unspecified atom stereocenters. The summed E-state index contributed by atoms with van der Waals surface area (Å²) in [4.78, 5) is 9.05. The molecule has 0 saturated carbocycles. The third kappa shape index (κ3) is 3.79. The van der Waals surface area contributed by atoms with Crippen LogP contribution in [0.25, 0.3) is 22.0 Å². The van der Waals surface area contributed by atoms with Crippen LogP contribution in [0.1, 0.15) is 12.8 Å². The van der Waals surface area contributed by atoms with Crippen LogP contribution in [0, 0.1) is 0 Å². The Morgan fingerprint density at radius 3 is 2.63 bits per heavy atom. The van der Waals surface area contributed by atoms with Crippen LogP contribution in [0.4, 0.5) is 5.82 Å². The molecule has 27 heavy (non-hydrogen) atoms. The maximum atomic E-state index is 11.7. The van der Waals surface area contributed by atoms with E-state index >= 15 is 0 Å². The van der Waals surface area contributed by atoms with Crippen molar-refractivity contribution in [3.63, 3.8) is 0 Å². The SMILES string of the molecule is Cn1cc(-c2nccc3cnc(NC4CCN(S(C)(=O)=O)CC4)cc23)cn1. The molecule has 0 spiro atoms. The molecule has 0 amide bonds. The number of aryl methyl sites for hydroxylation is 1. The maximum absolute atomic E-state index is 11.7. The van der Waals surface area contributed by atoms with E-state index in [1.807, 2.05) is 31.6 Å². The van der Waals surface area contributed by atoms with Crippen LogP contribution in [-0.2, 0) is 17.1 Å². The molecule has 4 heterocycles. The van der Waals surface area contributed by atoms with Gasteiger partial charge in [0.25, 0.3) is 0 Å². The average molecular weight is 386 g/mol. The Labute approximate surface area is 158 Å². The van der Waals surface area contributed by atoms with Crippen molar-refractivity contribution in [3.05, 3.63) is 36.9 Å². The van der Waals surface area contributed by atoms with Crippen LogP contribution in [0.15, 0.2) is 36.9 Å². The molecule has 1 aliphatic rings. The number of piperidine rings is 1. The molecule has 0 aromatic carbocycles. The normalized spacial score (nSPS) is 16.7. The summed E-state index contributed by atoms with van der Waals surface area (Å²) in [6.45, 7) is 1.07. The molecule has 4 rings (SSSR count). The summed E-state index contributed by atoms with van der Waals surface area (Å²) in [5.74, 6) is 0.776.